The topological polar surface area (TPSA) is 42.5 Å². The van der Waals surface area contributed by atoms with Gasteiger partial charge in [-0.2, -0.15) is 0 Å². The first-order valence-corrected chi connectivity index (χ1v) is 6.54. The number of hydrogen-bond donors (Lipinski definition) is 2. The van der Waals surface area contributed by atoms with E-state index in [4.69, 9.17) is 9.47 Å². The molecule has 1 aliphatic heterocycles. The summed E-state index contributed by atoms with van der Waals surface area (Å²) in [5.74, 6) is 1.69. The van der Waals surface area contributed by atoms with Gasteiger partial charge in [0.15, 0.2) is 11.5 Å². The molecule has 0 radical (unpaired) electrons. The van der Waals surface area contributed by atoms with Crippen LogP contribution in [-0.2, 0) is 0 Å². The molecule has 0 saturated carbocycles. The third kappa shape index (κ3) is 3.29. The molecular weight excluding hydrogens is 228 g/mol. The molecule has 0 aliphatic carbocycles. The minimum absolute atomic E-state index is 0.521. The molecule has 0 aromatic heterocycles. The van der Waals surface area contributed by atoms with Crippen LogP contribution in [0.2, 0.25) is 0 Å². The smallest absolute Gasteiger partial charge is 0.163 e. The van der Waals surface area contributed by atoms with Crippen molar-refractivity contribution in [3.63, 3.8) is 0 Å². The molecule has 4 nitrogen and oxygen atoms in total. The zero-order chi connectivity index (χ0) is 13.0. The molecular formula is C14H22N2O2. The lowest BCUT2D eigenvalue weighted by Crippen LogP contribution is -2.28. The van der Waals surface area contributed by atoms with E-state index in [1.54, 1.807) is 0 Å². The fourth-order valence-electron chi connectivity index (χ4n) is 1.94. The Morgan fingerprint density at radius 3 is 2.44 bits per heavy atom. The highest BCUT2D eigenvalue weighted by atomic mass is 16.6. The van der Waals surface area contributed by atoms with Crippen molar-refractivity contribution < 1.29 is 9.47 Å². The summed E-state index contributed by atoms with van der Waals surface area (Å²) in [5.41, 5.74) is 2.30. The third-order valence-electron chi connectivity index (χ3n) is 2.88. The summed E-state index contributed by atoms with van der Waals surface area (Å²) in [4.78, 5) is 0. The second-order valence-corrected chi connectivity index (χ2v) is 4.85. The molecule has 1 aliphatic rings. The minimum Gasteiger partial charge on any atom is -0.486 e. The maximum Gasteiger partial charge on any atom is 0.163 e. The molecule has 1 aromatic rings. The monoisotopic (exact) mass is 250 g/mol. The van der Waals surface area contributed by atoms with Crippen molar-refractivity contribution in [1.82, 2.24) is 5.32 Å². The summed E-state index contributed by atoms with van der Waals surface area (Å²) in [5, 5.41) is 6.80. The maximum absolute atomic E-state index is 5.58. The van der Waals surface area contributed by atoms with Gasteiger partial charge in [-0.05, 0) is 18.6 Å². The van der Waals surface area contributed by atoms with Crippen LogP contribution >= 0.6 is 0 Å². The van der Waals surface area contributed by atoms with Gasteiger partial charge >= 0.3 is 0 Å². The molecule has 0 amide bonds. The van der Waals surface area contributed by atoms with Crippen LogP contribution in [0.15, 0.2) is 12.1 Å². The molecule has 0 bridgehead atoms. The molecule has 0 atom stereocenters. The Kier molecular flexibility index (Phi) is 4.31. The van der Waals surface area contributed by atoms with E-state index in [1.165, 1.54) is 5.56 Å². The van der Waals surface area contributed by atoms with Gasteiger partial charge in [0.05, 0.1) is 0 Å². The lowest BCUT2D eigenvalue weighted by molar-refractivity contribution is 0.171. The average molecular weight is 250 g/mol. The highest BCUT2D eigenvalue weighted by Gasteiger charge is 2.13. The molecule has 0 unspecified atom stereocenters. The van der Waals surface area contributed by atoms with E-state index < -0.39 is 0 Å². The van der Waals surface area contributed by atoms with Crippen LogP contribution in [0, 0.1) is 6.92 Å². The summed E-state index contributed by atoms with van der Waals surface area (Å²) < 4.78 is 11.1. The maximum atomic E-state index is 5.58. The Labute approximate surface area is 109 Å². The summed E-state index contributed by atoms with van der Waals surface area (Å²) in [6, 6.07) is 4.58. The molecule has 0 fully saturated rings. The van der Waals surface area contributed by atoms with Crippen molar-refractivity contribution in [2.75, 3.05) is 31.6 Å². The molecule has 0 saturated heterocycles. The fourth-order valence-corrected chi connectivity index (χ4v) is 1.94. The number of benzene rings is 1. The van der Waals surface area contributed by atoms with Crippen molar-refractivity contribution >= 4 is 5.69 Å². The highest BCUT2D eigenvalue weighted by Crippen LogP contribution is 2.35. The summed E-state index contributed by atoms with van der Waals surface area (Å²) in [6.45, 7) is 9.49. The lowest BCUT2D eigenvalue weighted by Gasteiger charge is -2.21. The molecule has 1 heterocycles. The number of ether oxygens (including phenoxy) is 2. The first-order chi connectivity index (χ1) is 8.66. The summed E-state index contributed by atoms with van der Waals surface area (Å²) in [6.07, 6.45) is 0. The Hall–Kier alpha value is -1.42. The number of anilines is 1. The molecule has 2 N–H and O–H groups in total. The van der Waals surface area contributed by atoms with Gasteiger partial charge in [0.25, 0.3) is 0 Å². The van der Waals surface area contributed by atoms with E-state index in [9.17, 15) is 0 Å². The van der Waals surface area contributed by atoms with E-state index in [1.807, 2.05) is 12.1 Å². The first kappa shape index (κ1) is 13.0. The normalized spacial score (nSPS) is 13.8. The van der Waals surface area contributed by atoms with Crippen molar-refractivity contribution in [2.24, 2.45) is 0 Å². The minimum atomic E-state index is 0.521. The summed E-state index contributed by atoms with van der Waals surface area (Å²) >= 11 is 0. The lowest BCUT2D eigenvalue weighted by atomic mass is 10.1. The third-order valence-corrected chi connectivity index (χ3v) is 2.88. The predicted octanol–water partition coefficient (Wildman–Crippen LogP) is 2.18. The molecule has 18 heavy (non-hydrogen) atoms. The Morgan fingerprint density at radius 1 is 1.11 bits per heavy atom. The molecule has 100 valence electrons. The van der Waals surface area contributed by atoms with Gasteiger partial charge in [-0.15, -0.1) is 0 Å². The standard InChI is InChI=1S/C14H22N2O2/c1-10(2)15-4-5-16-12-9-14-13(8-11(12)3)17-6-7-18-14/h8-10,15-16H,4-7H2,1-3H3. The number of hydrogen-bond acceptors (Lipinski definition) is 4. The van der Waals surface area contributed by atoms with Gasteiger partial charge in [0.1, 0.15) is 13.2 Å². The largest absolute Gasteiger partial charge is 0.486 e. The van der Waals surface area contributed by atoms with Crippen LogP contribution in [0.3, 0.4) is 0 Å². The van der Waals surface area contributed by atoms with E-state index in [-0.39, 0.29) is 0 Å². The van der Waals surface area contributed by atoms with Gasteiger partial charge in [-0.25, -0.2) is 0 Å². The van der Waals surface area contributed by atoms with Crippen molar-refractivity contribution in [2.45, 2.75) is 26.8 Å². The van der Waals surface area contributed by atoms with Crippen molar-refractivity contribution in [3.8, 4) is 11.5 Å². The van der Waals surface area contributed by atoms with Gasteiger partial charge in [-0.3, -0.25) is 0 Å². The average Bonchev–Trinajstić information content (AvgIpc) is 2.34. The Morgan fingerprint density at radius 2 is 1.78 bits per heavy atom. The zero-order valence-corrected chi connectivity index (χ0v) is 11.4. The van der Waals surface area contributed by atoms with Crippen LogP contribution in [-0.4, -0.2) is 32.3 Å². The quantitative estimate of drug-likeness (QED) is 0.786. The van der Waals surface area contributed by atoms with E-state index in [0.29, 0.717) is 19.3 Å². The fraction of sp³-hybridized carbons (Fsp3) is 0.571. The van der Waals surface area contributed by atoms with Gasteiger partial charge in [0.2, 0.25) is 0 Å². The van der Waals surface area contributed by atoms with Crippen LogP contribution in [0.4, 0.5) is 5.69 Å². The van der Waals surface area contributed by atoms with E-state index in [0.717, 1.165) is 30.3 Å². The van der Waals surface area contributed by atoms with Gasteiger partial charge in [0, 0.05) is 30.9 Å². The number of rotatable bonds is 5. The molecule has 1 aromatic carbocycles. The second kappa shape index (κ2) is 5.96. The molecule has 0 spiro atoms. The molecule has 2 rings (SSSR count). The number of aryl methyl sites for hydroxylation is 1. The summed E-state index contributed by atoms with van der Waals surface area (Å²) in [7, 11) is 0. The highest BCUT2D eigenvalue weighted by molar-refractivity contribution is 5.60. The SMILES string of the molecule is Cc1cc2c(cc1NCCNC(C)C)OCCO2. The molecule has 4 heteroatoms. The predicted molar refractivity (Wildman–Crippen MR) is 73.8 cm³/mol. The Balaban J connectivity index is 1.95. The number of fused-ring (bicyclic) bond motifs is 1. The second-order valence-electron chi connectivity index (χ2n) is 4.85. The van der Waals surface area contributed by atoms with E-state index >= 15 is 0 Å². The van der Waals surface area contributed by atoms with Crippen molar-refractivity contribution in [1.29, 1.82) is 0 Å². The van der Waals surface area contributed by atoms with Gasteiger partial charge in [-0.1, -0.05) is 13.8 Å². The van der Waals surface area contributed by atoms with Crippen LogP contribution in [0.25, 0.3) is 0 Å². The van der Waals surface area contributed by atoms with E-state index in [2.05, 4.69) is 31.4 Å². The van der Waals surface area contributed by atoms with Crippen molar-refractivity contribution in [3.05, 3.63) is 17.7 Å². The van der Waals surface area contributed by atoms with Crippen LogP contribution in [0.1, 0.15) is 19.4 Å². The zero-order valence-electron chi connectivity index (χ0n) is 11.4. The Bertz CT molecular complexity index is 405. The first-order valence-electron chi connectivity index (χ1n) is 6.54. The van der Waals surface area contributed by atoms with Crippen LogP contribution in [0.5, 0.6) is 11.5 Å². The number of nitrogens with one attached hydrogen (secondary N) is 2. The van der Waals surface area contributed by atoms with Crippen LogP contribution < -0.4 is 20.1 Å². The van der Waals surface area contributed by atoms with Gasteiger partial charge < -0.3 is 20.1 Å².